The van der Waals surface area contributed by atoms with Crippen LogP contribution in [0.5, 0.6) is 0 Å². The predicted octanol–water partition coefficient (Wildman–Crippen LogP) is 1.30. The van der Waals surface area contributed by atoms with Gasteiger partial charge in [0.15, 0.2) is 0 Å². The Morgan fingerprint density at radius 3 is 2.38 bits per heavy atom. The highest BCUT2D eigenvalue weighted by Crippen LogP contribution is 2.25. The van der Waals surface area contributed by atoms with Crippen LogP contribution in [-0.2, 0) is 4.79 Å². The van der Waals surface area contributed by atoms with E-state index in [0.717, 1.165) is 0 Å². The molecule has 0 amide bonds. The molecular formula is C8H14Cl3N3O2. The molecule has 94 valence electrons. The third-order valence-electron chi connectivity index (χ3n) is 1.81. The van der Waals surface area contributed by atoms with Gasteiger partial charge in [0, 0.05) is 6.54 Å². The van der Waals surface area contributed by atoms with E-state index >= 15 is 0 Å². The van der Waals surface area contributed by atoms with E-state index in [4.69, 9.17) is 51.4 Å². The second-order valence-electron chi connectivity index (χ2n) is 3.21. The minimum absolute atomic E-state index is 0.0694. The number of alkyl halides is 3. The van der Waals surface area contributed by atoms with Crippen LogP contribution in [0.3, 0.4) is 0 Å². The molecule has 0 radical (unpaired) electrons. The van der Waals surface area contributed by atoms with Crippen molar-refractivity contribution in [2.75, 3.05) is 6.54 Å². The molecule has 0 heterocycles. The van der Waals surface area contributed by atoms with Crippen molar-refractivity contribution in [2.45, 2.75) is 29.1 Å². The number of nitrogens with two attached hydrogens (primary N) is 2. The molecule has 0 aliphatic carbocycles. The van der Waals surface area contributed by atoms with Crippen molar-refractivity contribution in [1.82, 2.24) is 0 Å². The summed E-state index contributed by atoms with van der Waals surface area (Å²) >= 11 is 16.4. The summed E-state index contributed by atoms with van der Waals surface area (Å²) < 4.78 is -1.68. The summed E-state index contributed by atoms with van der Waals surface area (Å²) in [6.07, 6.45) is 1.66. The van der Waals surface area contributed by atoms with Crippen molar-refractivity contribution in [3.63, 3.8) is 0 Å². The largest absolute Gasteiger partial charge is 0.480 e. The minimum atomic E-state index is -1.68. The molecule has 5 N–H and O–H groups in total. The quantitative estimate of drug-likeness (QED) is 0.297. The van der Waals surface area contributed by atoms with E-state index in [1.54, 1.807) is 0 Å². The Labute approximate surface area is 109 Å². The molecule has 0 aromatic heterocycles. The number of hydrogen-bond acceptors (Lipinski definition) is 3. The average Bonchev–Trinajstić information content (AvgIpc) is 2.14. The van der Waals surface area contributed by atoms with E-state index in [-0.39, 0.29) is 5.84 Å². The zero-order chi connectivity index (χ0) is 12.8. The number of carboxylic acids is 1. The smallest absolute Gasteiger partial charge is 0.320 e. The van der Waals surface area contributed by atoms with Crippen LogP contribution in [0.15, 0.2) is 4.99 Å². The maximum atomic E-state index is 10.4. The Morgan fingerprint density at radius 1 is 1.38 bits per heavy atom. The van der Waals surface area contributed by atoms with Crippen LogP contribution in [-0.4, -0.2) is 33.3 Å². The van der Waals surface area contributed by atoms with Gasteiger partial charge in [-0.2, -0.15) is 0 Å². The third-order valence-corrected chi connectivity index (χ3v) is 2.39. The number of aliphatic imine (C=N–C) groups is 1. The molecule has 0 bridgehead atoms. The molecule has 8 heteroatoms. The van der Waals surface area contributed by atoms with Gasteiger partial charge in [-0.1, -0.05) is 34.8 Å². The molecule has 0 aliphatic heterocycles. The Bertz CT molecular complexity index is 266. The van der Waals surface area contributed by atoms with E-state index in [1.807, 2.05) is 0 Å². The van der Waals surface area contributed by atoms with Crippen molar-refractivity contribution >= 4 is 46.6 Å². The Hall–Kier alpha value is -0.230. The van der Waals surface area contributed by atoms with Crippen LogP contribution >= 0.6 is 34.8 Å². The number of rotatable bonds is 6. The van der Waals surface area contributed by atoms with Gasteiger partial charge in [0.2, 0.25) is 3.79 Å². The van der Waals surface area contributed by atoms with Crippen LogP contribution in [0.4, 0.5) is 0 Å². The van der Waals surface area contributed by atoms with Crippen LogP contribution in [0, 0.1) is 0 Å². The number of unbranched alkanes of at least 4 members (excludes halogenated alkanes) is 1. The predicted molar refractivity (Wildman–Crippen MR) is 66.2 cm³/mol. The minimum Gasteiger partial charge on any atom is -0.480 e. The van der Waals surface area contributed by atoms with Gasteiger partial charge < -0.3 is 16.6 Å². The van der Waals surface area contributed by atoms with E-state index in [0.29, 0.717) is 25.8 Å². The van der Waals surface area contributed by atoms with Gasteiger partial charge in [0.25, 0.3) is 0 Å². The Kier molecular flexibility index (Phi) is 7.06. The van der Waals surface area contributed by atoms with Crippen LogP contribution in [0.1, 0.15) is 19.3 Å². The highest BCUT2D eigenvalue weighted by molar-refractivity contribution is 6.76. The van der Waals surface area contributed by atoms with Gasteiger partial charge in [0.05, 0.1) is 0 Å². The van der Waals surface area contributed by atoms with Gasteiger partial charge in [-0.25, -0.2) is 0 Å². The molecule has 16 heavy (non-hydrogen) atoms. The fraction of sp³-hybridized carbons (Fsp3) is 0.750. The highest BCUT2D eigenvalue weighted by Gasteiger charge is 2.24. The number of amidine groups is 1. The summed E-state index contributed by atoms with van der Waals surface area (Å²) in [6.45, 7) is 0.381. The summed E-state index contributed by atoms with van der Waals surface area (Å²) in [7, 11) is 0. The fourth-order valence-corrected chi connectivity index (χ4v) is 1.07. The summed E-state index contributed by atoms with van der Waals surface area (Å²) in [6, 6.07) is -0.838. The number of aliphatic carboxylic acids is 1. The number of carbonyl (C=O) groups is 1. The standard InChI is InChI=1S/C8H14Cl3N3O2/c9-8(10,11)7(13)14-4-2-1-3-5(12)6(15)16/h5H,1-4,12H2,(H2,13,14)(H,15,16). The van der Waals surface area contributed by atoms with Crippen molar-refractivity contribution in [3.05, 3.63) is 0 Å². The molecular weight excluding hydrogens is 276 g/mol. The summed E-state index contributed by atoms with van der Waals surface area (Å²) in [5.41, 5.74) is 10.7. The van der Waals surface area contributed by atoms with E-state index in [1.165, 1.54) is 0 Å². The first-order valence-corrected chi connectivity index (χ1v) is 5.74. The van der Waals surface area contributed by atoms with Gasteiger partial charge in [-0.05, 0) is 19.3 Å². The second kappa shape index (κ2) is 7.17. The molecule has 0 aromatic rings. The molecule has 1 unspecified atom stereocenters. The lowest BCUT2D eigenvalue weighted by molar-refractivity contribution is -0.138. The first kappa shape index (κ1) is 15.8. The summed E-state index contributed by atoms with van der Waals surface area (Å²) in [5.74, 6) is -1.08. The van der Waals surface area contributed by atoms with Crippen LogP contribution < -0.4 is 11.5 Å². The molecule has 0 rings (SSSR count). The normalized spacial score (nSPS) is 14.9. The molecule has 5 nitrogen and oxygen atoms in total. The fourth-order valence-electron chi connectivity index (χ4n) is 0.889. The lowest BCUT2D eigenvalue weighted by atomic mass is 10.1. The Morgan fingerprint density at radius 2 is 1.94 bits per heavy atom. The molecule has 0 fully saturated rings. The van der Waals surface area contributed by atoms with Gasteiger partial charge in [0.1, 0.15) is 11.9 Å². The number of hydrogen-bond donors (Lipinski definition) is 3. The number of carboxylic acid groups (broad SMARTS) is 1. The lowest BCUT2D eigenvalue weighted by Crippen LogP contribution is -2.30. The second-order valence-corrected chi connectivity index (χ2v) is 5.49. The zero-order valence-electron chi connectivity index (χ0n) is 8.50. The number of nitrogens with zero attached hydrogens (tertiary/aromatic N) is 1. The number of halogens is 3. The molecule has 0 saturated heterocycles. The molecule has 0 spiro atoms. The first-order valence-electron chi connectivity index (χ1n) is 4.60. The highest BCUT2D eigenvalue weighted by atomic mass is 35.6. The maximum absolute atomic E-state index is 10.4. The van der Waals surface area contributed by atoms with Gasteiger partial charge >= 0.3 is 5.97 Å². The first-order chi connectivity index (χ1) is 7.25. The lowest BCUT2D eigenvalue weighted by Gasteiger charge is -2.09. The van der Waals surface area contributed by atoms with Crippen molar-refractivity contribution < 1.29 is 9.90 Å². The monoisotopic (exact) mass is 289 g/mol. The van der Waals surface area contributed by atoms with Crippen molar-refractivity contribution in [1.29, 1.82) is 0 Å². The SMILES string of the molecule is NC(=NCCCCC(N)C(=O)O)C(Cl)(Cl)Cl. The van der Waals surface area contributed by atoms with Crippen molar-refractivity contribution in [2.24, 2.45) is 16.5 Å². The van der Waals surface area contributed by atoms with E-state index in [9.17, 15) is 4.79 Å². The van der Waals surface area contributed by atoms with E-state index in [2.05, 4.69) is 4.99 Å². The van der Waals surface area contributed by atoms with E-state index < -0.39 is 15.8 Å². The zero-order valence-corrected chi connectivity index (χ0v) is 10.8. The summed E-state index contributed by atoms with van der Waals surface area (Å²) in [5, 5.41) is 8.51. The van der Waals surface area contributed by atoms with Gasteiger partial charge in [-0.3, -0.25) is 9.79 Å². The maximum Gasteiger partial charge on any atom is 0.320 e. The molecule has 0 aromatic carbocycles. The van der Waals surface area contributed by atoms with Crippen LogP contribution in [0.2, 0.25) is 0 Å². The third kappa shape index (κ3) is 7.11. The summed E-state index contributed by atoms with van der Waals surface area (Å²) in [4.78, 5) is 14.2. The Balaban J connectivity index is 3.73. The average molecular weight is 291 g/mol. The molecule has 0 aliphatic rings. The topological polar surface area (TPSA) is 102 Å². The van der Waals surface area contributed by atoms with Gasteiger partial charge in [-0.15, -0.1) is 0 Å². The van der Waals surface area contributed by atoms with Crippen LogP contribution in [0.25, 0.3) is 0 Å². The molecule has 1 atom stereocenters. The van der Waals surface area contributed by atoms with Crippen molar-refractivity contribution in [3.8, 4) is 0 Å². The molecule has 0 saturated carbocycles.